The van der Waals surface area contributed by atoms with Gasteiger partial charge in [-0.1, -0.05) is 5.57 Å². The van der Waals surface area contributed by atoms with Crippen LogP contribution < -0.4 is 0 Å². The van der Waals surface area contributed by atoms with E-state index in [0.717, 1.165) is 12.8 Å². The second-order valence-electron chi connectivity index (χ2n) is 7.60. The van der Waals surface area contributed by atoms with Gasteiger partial charge in [0.15, 0.2) is 5.41 Å². The number of carbonyl (C=O) groups excluding carboxylic acids is 2. The fraction of sp³-hybridized carbons (Fsp3) is 0.778. The van der Waals surface area contributed by atoms with E-state index >= 15 is 0 Å². The average molecular weight is 322 g/mol. The summed E-state index contributed by atoms with van der Waals surface area (Å²) in [4.78, 5) is 25.0. The van der Waals surface area contributed by atoms with Crippen LogP contribution in [0.15, 0.2) is 11.1 Å². The van der Waals surface area contributed by atoms with E-state index in [4.69, 9.17) is 14.2 Å². The normalized spacial score (nSPS) is 37.3. The highest BCUT2D eigenvalue weighted by Gasteiger charge is 2.65. The number of esters is 2. The molecule has 1 aliphatic carbocycles. The number of rotatable bonds is 2. The summed E-state index contributed by atoms with van der Waals surface area (Å²) in [7, 11) is 2.67. The van der Waals surface area contributed by atoms with Gasteiger partial charge in [0.1, 0.15) is 0 Å². The van der Waals surface area contributed by atoms with Crippen molar-refractivity contribution in [2.45, 2.75) is 58.2 Å². The van der Waals surface area contributed by atoms with Crippen molar-refractivity contribution in [3.63, 3.8) is 0 Å². The fourth-order valence-corrected chi connectivity index (χ4v) is 5.18. The van der Waals surface area contributed by atoms with Crippen LogP contribution in [-0.2, 0) is 23.8 Å². The molecule has 3 fully saturated rings. The molecule has 2 bridgehead atoms. The molecule has 0 aromatic carbocycles. The van der Waals surface area contributed by atoms with Gasteiger partial charge in [-0.2, -0.15) is 0 Å². The number of fused-ring (bicyclic) bond motifs is 4. The van der Waals surface area contributed by atoms with Crippen molar-refractivity contribution in [2.75, 3.05) is 14.2 Å². The Bertz CT molecular complexity index is 558. The molecule has 0 spiro atoms. The summed E-state index contributed by atoms with van der Waals surface area (Å²) < 4.78 is 16.3. The second-order valence-corrected chi connectivity index (χ2v) is 7.60. The van der Waals surface area contributed by atoms with Crippen LogP contribution in [0.2, 0.25) is 0 Å². The summed E-state index contributed by atoms with van der Waals surface area (Å²) in [5, 5.41) is 0. The van der Waals surface area contributed by atoms with Crippen molar-refractivity contribution < 1.29 is 23.8 Å². The molecule has 2 saturated heterocycles. The van der Waals surface area contributed by atoms with Crippen LogP contribution >= 0.6 is 0 Å². The zero-order valence-electron chi connectivity index (χ0n) is 14.6. The van der Waals surface area contributed by atoms with Crippen molar-refractivity contribution >= 4 is 11.9 Å². The Morgan fingerprint density at radius 1 is 1.13 bits per heavy atom. The number of hydrogen-bond acceptors (Lipinski definition) is 5. The largest absolute Gasteiger partial charge is 0.468 e. The summed E-state index contributed by atoms with van der Waals surface area (Å²) in [6, 6.07) is 0. The lowest BCUT2D eigenvalue weighted by atomic mass is 9.75. The van der Waals surface area contributed by atoms with Gasteiger partial charge in [-0.25, -0.2) is 0 Å². The summed E-state index contributed by atoms with van der Waals surface area (Å²) in [6.45, 7) is 6.30. The van der Waals surface area contributed by atoms with Crippen LogP contribution in [0.1, 0.15) is 46.5 Å². The molecule has 3 aliphatic rings. The number of methoxy groups -OCH3 is 2. The molecule has 2 heterocycles. The standard InChI is InChI=1S/C18H26O5/c1-10(2)14-11-8-18(15(19)21-4,16(20)22-5)9-12(11)17(3)7-6-13(14)23-17/h11-13H,6-9H2,1-5H3/t11-,12-,13+,17-/m0/s1. The SMILES string of the molecule is COC(=O)C1(C(=O)OC)C[C@@H]2C(=C(C)C)[C@H]3CC[C@](C)(O3)[C@H]2C1. The van der Waals surface area contributed by atoms with E-state index in [1.54, 1.807) is 0 Å². The maximum Gasteiger partial charge on any atom is 0.323 e. The first kappa shape index (κ1) is 16.5. The zero-order chi connectivity index (χ0) is 17.0. The quantitative estimate of drug-likeness (QED) is 0.444. The zero-order valence-corrected chi connectivity index (χ0v) is 14.6. The first-order chi connectivity index (χ1) is 10.8. The maximum atomic E-state index is 12.5. The van der Waals surface area contributed by atoms with Crippen molar-refractivity contribution in [3.8, 4) is 0 Å². The number of allylic oxidation sites excluding steroid dienone is 1. The Morgan fingerprint density at radius 3 is 2.26 bits per heavy atom. The lowest BCUT2D eigenvalue weighted by Gasteiger charge is -2.42. The van der Waals surface area contributed by atoms with Gasteiger partial charge in [0.05, 0.1) is 25.9 Å². The highest BCUT2D eigenvalue weighted by molar-refractivity contribution is 6.00. The Labute approximate surface area is 137 Å². The third-order valence-corrected chi connectivity index (χ3v) is 6.20. The van der Waals surface area contributed by atoms with Gasteiger partial charge < -0.3 is 14.2 Å². The lowest BCUT2D eigenvalue weighted by Crippen LogP contribution is -2.44. The van der Waals surface area contributed by atoms with Crippen LogP contribution in [0.5, 0.6) is 0 Å². The average Bonchev–Trinajstić information content (AvgIpc) is 3.08. The van der Waals surface area contributed by atoms with Crippen LogP contribution in [0.3, 0.4) is 0 Å². The second kappa shape index (κ2) is 5.33. The molecule has 5 nitrogen and oxygen atoms in total. The van der Waals surface area contributed by atoms with E-state index in [1.807, 2.05) is 0 Å². The Morgan fingerprint density at radius 2 is 1.74 bits per heavy atom. The van der Waals surface area contributed by atoms with E-state index in [-0.39, 0.29) is 23.5 Å². The van der Waals surface area contributed by atoms with Crippen molar-refractivity contribution in [2.24, 2.45) is 17.3 Å². The lowest BCUT2D eigenvalue weighted by molar-refractivity contribution is -0.169. The molecular formula is C18H26O5. The molecule has 2 aliphatic heterocycles. The van der Waals surface area contributed by atoms with E-state index < -0.39 is 17.4 Å². The molecule has 3 rings (SSSR count). The molecule has 1 saturated carbocycles. The highest BCUT2D eigenvalue weighted by Crippen LogP contribution is 2.62. The van der Waals surface area contributed by atoms with Crippen molar-refractivity contribution in [3.05, 3.63) is 11.1 Å². The topological polar surface area (TPSA) is 61.8 Å². The third kappa shape index (κ3) is 2.16. The predicted octanol–water partition coefficient (Wildman–Crippen LogP) is 2.63. The molecule has 0 radical (unpaired) electrons. The Balaban J connectivity index is 2.07. The van der Waals surface area contributed by atoms with Gasteiger partial charge in [-0.15, -0.1) is 0 Å². The first-order valence-electron chi connectivity index (χ1n) is 8.31. The van der Waals surface area contributed by atoms with Gasteiger partial charge in [0.2, 0.25) is 0 Å². The van der Waals surface area contributed by atoms with Gasteiger partial charge in [0.25, 0.3) is 0 Å². The molecule has 5 heteroatoms. The molecule has 4 atom stereocenters. The number of ether oxygens (including phenoxy) is 3. The Kier molecular flexibility index (Phi) is 3.82. The summed E-state index contributed by atoms with van der Waals surface area (Å²) in [5.41, 5.74) is 1.05. The van der Waals surface area contributed by atoms with Gasteiger partial charge in [-0.05, 0) is 63.9 Å². The summed E-state index contributed by atoms with van der Waals surface area (Å²) in [5.74, 6) is -0.633. The molecule has 0 amide bonds. The van der Waals surface area contributed by atoms with Gasteiger partial charge in [0, 0.05) is 0 Å². The minimum absolute atomic E-state index is 0.123. The monoisotopic (exact) mass is 322 g/mol. The van der Waals surface area contributed by atoms with Crippen molar-refractivity contribution in [1.82, 2.24) is 0 Å². The van der Waals surface area contributed by atoms with Crippen LogP contribution in [0, 0.1) is 17.3 Å². The number of hydrogen-bond donors (Lipinski definition) is 0. The van der Waals surface area contributed by atoms with Crippen LogP contribution in [0.25, 0.3) is 0 Å². The minimum atomic E-state index is -1.20. The highest BCUT2D eigenvalue weighted by atomic mass is 16.5. The molecule has 0 aromatic heterocycles. The molecule has 0 unspecified atom stereocenters. The van der Waals surface area contributed by atoms with Crippen LogP contribution in [0.4, 0.5) is 0 Å². The van der Waals surface area contributed by atoms with E-state index in [1.165, 1.54) is 25.4 Å². The first-order valence-corrected chi connectivity index (χ1v) is 8.31. The van der Waals surface area contributed by atoms with Crippen LogP contribution in [-0.4, -0.2) is 37.9 Å². The van der Waals surface area contributed by atoms with E-state index in [0.29, 0.717) is 12.8 Å². The minimum Gasteiger partial charge on any atom is -0.468 e. The van der Waals surface area contributed by atoms with E-state index in [9.17, 15) is 9.59 Å². The Hall–Kier alpha value is -1.36. The number of carbonyl (C=O) groups is 2. The van der Waals surface area contributed by atoms with Crippen molar-refractivity contribution in [1.29, 1.82) is 0 Å². The molecule has 23 heavy (non-hydrogen) atoms. The smallest absolute Gasteiger partial charge is 0.323 e. The predicted molar refractivity (Wildman–Crippen MR) is 83.6 cm³/mol. The molecule has 0 aromatic rings. The van der Waals surface area contributed by atoms with Gasteiger partial charge >= 0.3 is 11.9 Å². The molecule has 0 N–H and O–H groups in total. The summed E-state index contributed by atoms with van der Waals surface area (Å²) in [6.07, 6.45) is 3.02. The molecule has 128 valence electrons. The fourth-order valence-electron chi connectivity index (χ4n) is 5.18. The van der Waals surface area contributed by atoms with E-state index in [2.05, 4.69) is 20.8 Å². The summed E-state index contributed by atoms with van der Waals surface area (Å²) >= 11 is 0. The maximum absolute atomic E-state index is 12.5. The third-order valence-electron chi connectivity index (χ3n) is 6.20. The van der Waals surface area contributed by atoms with Gasteiger partial charge in [-0.3, -0.25) is 9.59 Å². The molecular weight excluding hydrogens is 296 g/mol.